The van der Waals surface area contributed by atoms with E-state index in [-0.39, 0.29) is 24.4 Å². The van der Waals surface area contributed by atoms with Crippen LogP contribution in [0.3, 0.4) is 0 Å². The first-order valence-electron chi connectivity index (χ1n) is 16.0. The second-order valence-electron chi connectivity index (χ2n) is 13.1. The minimum absolute atomic E-state index is 0.0401. The summed E-state index contributed by atoms with van der Waals surface area (Å²) in [6, 6.07) is 22.7. The van der Waals surface area contributed by atoms with Gasteiger partial charge in [0.2, 0.25) is 11.8 Å². The molecule has 4 aromatic rings. The van der Waals surface area contributed by atoms with Crippen molar-refractivity contribution in [1.29, 1.82) is 0 Å². The summed E-state index contributed by atoms with van der Waals surface area (Å²) in [7, 11) is 0. The van der Waals surface area contributed by atoms with Crippen molar-refractivity contribution in [3.8, 4) is 5.75 Å². The highest BCUT2D eigenvalue weighted by Gasteiger charge is 2.70. The topological polar surface area (TPSA) is 107 Å². The second-order valence-corrected chi connectivity index (χ2v) is 14.8. The van der Waals surface area contributed by atoms with E-state index < -0.39 is 70.1 Å². The Morgan fingerprint density at radius 2 is 1.54 bits per heavy atom. The number of amides is 4. The minimum Gasteiger partial charge on any atom is -0.505 e. The van der Waals surface area contributed by atoms with Gasteiger partial charge in [-0.15, -0.1) is 0 Å². The molecule has 1 saturated carbocycles. The van der Waals surface area contributed by atoms with Crippen LogP contribution in [0.4, 0.5) is 20.2 Å². The number of hydrogen-bond donors (Lipinski definition) is 2. The van der Waals surface area contributed by atoms with Gasteiger partial charge < -0.3 is 5.11 Å². The minimum atomic E-state index is -1.66. The molecule has 4 aromatic carbocycles. The van der Waals surface area contributed by atoms with Gasteiger partial charge in [0.1, 0.15) is 5.82 Å². The third-order valence-corrected chi connectivity index (χ3v) is 11.6. The number of halogens is 4. The van der Waals surface area contributed by atoms with E-state index in [9.17, 15) is 23.9 Å². The number of allylic oxidation sites excluding steroid dienone is 2. The van der Waals surface area contributed by atoms with Crippen molar-refractivity contribution in [3.05, 3.63) is 134 Å². The summed E-state index contributed by atoms with van der Waals surface area (Å²) < 4.78 is 30.0. The number of nitrogens with one attached hydrogen (secondary N) is 1. The van der Waals surface area contributed by atoms with Crippen LogP contribution in [0.2, 0.25) is 5.02 Å². The molecule has 8 rings (SSSR count). The van der Waals surface area contributed by atoms with Crippen LogP contribution >= 0.6 is 34.2 Å². The Morgan fingerprint density at radius 1 is 0.840 bits per heavy atom. The van der Waals surface area contributed by atoms with Crippen molar-refractivity contribution in [1.82, 2.24) is 5.01 Å². The molecule has 4 amide bonds. The largest absolute Gasteiger partial charge is 0.505 e. The van der Waals surface area contributed by atoms with Gasteiger partial charge in [0, 0.05) is 14.5 Å². The Labute approximate surface area is 303 Å². The number of phenols is 1. The van der Waals surface area contributed by atoms with Gasteiger partial charge in [-0.05, 0) is 125 Å². The summed E-state index contributed by atoms with van der Waals surface area (Å²) in [5.41, 5.74) is 3.34. The molecule has 0 spiro atoms. The van der Waals surface area contributed by atoms with Crippen LogP contribution < -0.4 is 10.3 Å². The Balaban J connectivity index is 1.32. The molecule has 2 aliphatic carbocycles. The number of benzene rings is 4. The van der Waals surface area contributed by atoms with Crippen LogP contribution in [0.1, 0.15) is 29.9 Å². The van der Waals surface area contributed by atoms with Crippen molar-refractivity contribution in [2.45, 2.75) is 24.2 Å². The van der Waals surface area contributed by atoms with Crippen molar-refractivity contribution >= 4 is 69.2 Å². The molecule has 0 unspecified atom stereocenters. The number of carbonyl (C=O) groups excluding carboxylic acids is 4. The lowest BCUT2D eigenvalue weighted by Gasteiger charge is -2.50. The molecule has 50 heavy (non-hydrogen) atoms. The van der Waals surface area contributed by atoms with Gasteiger partial charge in [0.25, 0.3) is 11.8 Å². The Bertz CT molecular complexity index is 2130. The maximum absolute atomic E-state index is 15.3. The number of imide groups is 2. The maximum Gasteiger partial charge on any atom is 0.260 e. The number of fused-ring (bicyclic) bond motifs is 4. The molecule has 0 bridgehead atoms. The van der Waals surface area contributed by atoms with Crippen LogP contribution in [-0.4, -0.2) is 33.7 Å². The first-order chi connectivity index (χ1) is 24.0. The van der Waals surface area contributed by atoms with Crippen LogP contribution in [0.15, 0.2) is 103 Å². The molecule has 2 N–H and O–H groups in total. The van der Waals surface area contributed by atoms with E-state index in [1.54, 1.807) is 36.4 Å². The first-order valence-corrected chi connectivity index (χ1v) is 17.4. The zero-order chi connectivity index (χ0) is 35.1. The van der Waals surface area contributed by atoms with Gasteiger partial charge in [-0.25, -0.2) is 8.78 Å². The summed E-state index contributed by atoms with van der Waals surface area (Å²) in [5.74, 6) is -8.24. The zero-order valence-corrected chi connectivity index (χ0v) is 28.9. The van der Waals surface area contributed by atoms with E-state index in [2.05, 4.69) is 28.0 Å². The lowest BCUT2D eigenvalue weighted by atomic mass is 9.49. The quantitative estimate of drug-likeness (QED) is 0.127. The SMILES string of the molecule is O=C1[C@@H]2C[C@@H]3C(=CC[C@@H]4C(=O)N(c5ccc(I)cc5)C(=O)[C@@H]43)[C@H](c3ccc(O)c(F)c3)[C@]2(c2ccc(Cl)cc2)C(=O)N1Nc1ccc(F)cc1. The fraction of sp³-hybridized carbons (Fsp3) is 0.211. The normalized spacial score (nSPS) is 27.2. The summed E-state index contributed by atoms with van der Waals surface area (Å²) in [6.45, 7) is 0. The van der Waals surface area contributed by atoms with Gasteiger partial charge in [-0.2, -0.15) is 5.01 Å². The predicted molar refractivity (Wildman–Crippen MR) is 189 cm³/mol. The number of hydrazine groups is 1. The third-order valence-electron chi connectivity index (χ3n) is 10.6. The number of rotatable bonds is 5. The number of anilines is 2. The molecule has 12 heteroatoms. The summed E-state index contributed by atoms with van der Waals surface area (Å²) >= 11 is 8.45. The molecule has 6 atom stereocenters. The molecular formula is C38H27ClF2IN3O5. The summed E-state index contributed by atoms with van der Waals surface area (Å²) in [5, 5.41) is 11.5. The monoisotopic (exact) mass is 805 g/mol. The van der Waals surface area contributed by atoms with Gasteiger partial charge in [-0.3, -0.25) is 29.5 Å². The van der Waals surface area contributed by atoms with Gasteiger partial charge in [-0.1, -0.05) is 41.4 Å². The molecule has 2 aliphatic heterocycles. The fourth-order valence-electron chi connectivity index (χ4n) is 8.58. The molecule has 252 valence electrons. The standard InChI is InChI=1S/C38H27ClF2IN3O5/c39-21-4-2-20(3-5-21)38-29(35(48)45(37(38)50)43-24-10-6-22(40)7-11-24)18-28-26(33(38)19-1-16-31(46)30(41)17-19)14-15-27-32(28)36(49)44(34(27)47)25-12-8-23(42)9-13-25/h1-14,16-17,27-29,32-33,43,46H,15,18H2/t27-,28+,29-,32-,33-,38+/m0/s1. The molecule has 4 aliphatic rings. The van der Waals surface area contributed by atoms with Crippen molar-refractivity contribution < 1.29 is 33.1 Å². The van der Waals surface area contributed by atoms with Gasteiger partial charge in [0.15, 0.2) is 11.6 Å². The highest BCUT2D eigenvalue weighted by atomic mass is 127. The van der Waals surface area contributed by atoms with E-state index in [0.29, 0.717) is 27.4 Å². The number of aromatic hydroxyl groups is 1. The smallest absolute Gasteiger partial charge is 0.260 e. The lowest BCUT2D eigenvalue weighted by Crippen LogP contribution is -2.53. The maximum atomic E-state index is 15.3. The molecule has 8 nitrogen and oxygen atoms in total. The average Bonchev–Trinajstić information content (AvgIpc) is 3.48. The second kappa shape index (κ2) is 12.0. The molecule has 0 aromatic heterocycles. The molecule has 3 fully saturated rings. The van der Waals surface area contributed by atoms with Crippen LogP contribution in [0, 0.1) is 38.9 Å². The summed E-state index contributed by atoms with van der Waals surface area (Å²) in [4.78, 5) is 59.2. The number of carbonyl (C=O) groups is 4. The fourth-order valence-corrected chi connectivity index (χ4v) is 9.06. The highest BCUT2D eigenvalue weighted by Crippen LogP contribution is 2.64. The molecule has 2 heterocycles. The number of hydrogen-bond acceptors (Lipinski definition) is 6. The molecule has 0 radical (unpaired) electrons. The van der Waals surface area contributed by atoms with E-state index in [4.69, 9.17) is 11.6 Å². The van der Waals surface area contributed by atoms with Crippen molar-refractivity contribution in [2.75, 3.05) is 10.3 Å². The Morgan fingerprint density at radius 3 is 2.22 bits per heavy atom. The van der Waals surface area contributed by atoms with Crippen molar-refractivity contribution in [2.24, 2.45) is 23.7 Å². The molecular weight excluding hydrogens is 779 g/mol. The van der Waals surface area contributed by atoms with Crippen molar-refractivity contribution in [3.63, 3.8) is 0 Å². The summed E-state index contributed by atoms with van der Waals surface area (Å²) in [6.07, 6.45) is 2.10. The first kappa shape index (κ1) is 32.6. The predicted octanol–water partition coefficient (Wildman–Crippen LogP) is 7.12. The van der Waals surface area contributed by atoms with E-state index >= 15 is 9.18 Å². The van der Waals surface area contributed by atoms with Crippen LogP contribution in [0.25, 0.3) is 0 Å². The van der Waals surface area contributed by atoms with E-state index in [1.807, 2.05) is 18.2 Å². The third kappa shape index (κ3) is 4.80. The van der Waals surface area contributed by atoms with Crippen LogP contribution in [0.5, 0.6) is 5.75 Å². The highest BCUT2D eigenvalue weighted by molar-refractivity contribution is 14.1. The van der Waals surface area contributed by atoms with E-state index in [0.717, 1.165) is 14.6 Å². The van der Waals surface area contributed by atoms with E-state index in [1.165, 1.54) is 41.3 Å². The van der Waals surface area contributed by atoms with Gasteiger partial charge >= 0.3 is 0 Å². The Kier molecular flexibility index (Phi) is 7.83. The average molecular weight is 806 g/mol. The zero-order valence-electron chi connectivity index (χ0n) is 26.0. The van der Waals surface area contributed by atoms with Crippen LogP contribution in [-0.2, 0) is 24.6 Å². The Hall–Kier alpha value is -4.62. The lowest BCUT2D eigenvalue weighted by molar-refractivity contribution is -0.138. The van der Waals surface area contributed by atoms with Gasteiger partial charge in [0.05, 0.1) is 34.5 Å². The molecule has 2 saturated heterocycles. The number of phenolic OH excluding ortho intramolecular Hbond substituents is 1. The number of nitrogens with zero attached hydrogens (tertiary/aromatic N) is 2.